The van der Waals surface area contributed by atoms with Gasteiger partial charge in [-0.15, -0.1) is 11.3 Å². The number of nitrogen functional groups attached to an aromatic ring is 1. The minimum atomic E-state index is 0.428. The van der Waals surface area contributed by atoms with Gasteiger partial charge in [0, 0.05) is 0 Å². The normalized spacial score (nSPS) is 11.4. The van der Waals surface area contributed by atoms with Crippen molar-refractivity contribution in [2.45, 2.75) is 0 Å². The van der Waals surface area contributed by atoms with Crippen LogP contribution in [0.1, 0.15) is 0 Å². The molecule has 0 aliphatic rings. The number of hydrogen-bond donors (Lipinski definition) is 1. The molecule has 4 nitrogen and oxygen atoms in total. The lowest BCUT2D eigenvalue weighted by Gasteiger charge is -2.06. The van der Waals surface area contributed by atoms with E-state index in [0.717, 1.165) is 26.9 Å². The average Bonchev–Trinajstić information content (AvgIpc) is 3.02. The Kier molecular flexibility index (Phi) is 2.45. The molecule has 0 atom stereocenters. The highest BCUT2D eigenvalue weighted by atomic mass is 35.5. The lowest BCUT2D eigenvalue weighted by atomic mass is 10.2. The van der Waals surface area contributed by atoms with Crippen LogP contribution in [-0.2, 0) is 0 Å². The van der Waals surface area contributed by atoms with Gasteiger partial charge in [0.25, 0.3) is 0 Å². The molecular formula is C14H9ClN4S. The molecule has 0 spiro atoms. The van der Waals surface area contributed by atoms with Crippen LogP contribution in [0.3, 0.4) is 0 Å². The Labute approximate surface area is 123 Å². The fourth-order valence-corrected chi connectivity index (χ4v) is 3.26. The highest BCUT2D eigenvalue weighted by Gasteiger charge is 2.12. The number of nitrogens with zero attached hydrogens (tertiary/aromatic N) is 3. The fourth-order valence-electron chi connectivity index (χ4n) is 2.34. The molecule has 4 aromatic rings. The molecule has 4 rings (SSSR count). The van der Waals surface area contributed by atoms with Gasteiger partial charge in [-0.2, -0.15) is 0 Å². The van der Waals surface area contributed by atoms with Crippen LogP contribution in [0, 0.1) is 0 Å². The summed E-state index contributed by atoms with van der Waals surface area (Å²) in [6.07, 6.45) is 0. The SMILES string of the molecule is Nc1nc2c(Cl)cccc2n1-c1ccc2ncsc2c1. The predicted octanol–water partition coefficient (Wildman–Crippen LogP) is 3.87. The molecule has 20 heavy (non-hydrogen) atoms. The topological polar surface area (TPSA) is 56.7 Å². The number of hydrogen-bond acceptors (Lipinski definition) is 4. The highest BCUT2D eigenvalue weighted by Crippen LogP contribution is 2.29. The van der Waals surface area contributed by atoms with Gasteiger partial charge in [-0.25, -0.2) is 9.97 Å². The number of rotatable bonds is 1. The van der Waals surface area contributed by atoms with Crippen LogP contribution in [0.5, 0.6) is 0 Å². The Bertz CT molecular complexity index is 941. The van der Waals surface area contributed by atoms with Crippen molar-refractivity contribution in [2.75, 3.05) is 5.73 Å². The van der Waals surface area contributed by atoms with Crippen LogP contribution >= 0.6 is 22.9 Å². The van der Waals surface area contributed by atoms with E-state index in [1.165, 1.54) is 0 Å². The van der Waals surface area contributed by atoms with Crippen molar-refractivity contribution in [3.8, 4) is 5.69 Å². The van der Waals surface area contributed by atoms with Crippen LogP contribution in [0.4, 0.5) is 5.95 Å². The molecule has 0 saturated heterocycles. The maximum absolute atomic E-state index is 6.17. The smallest absolute Gasteiger partial charge is 0.205 e. The van der Waals surface area contributed by atoms with E-state index in [0.29, 0.717) is 11.0 Å². The third-order valence-corrected chi connectivity index (χ3v) is 4.33. The average molecular weight is 301 g/mol. The van der Waals surface area contributed by atoms with E-state index in [2.05, 4.69) is 16.0 Å². The molecule has 0 fully saturated rings. The standard InChI is InChI=1S/C14H9ClN4S/c15-9-2-1-3-11-13(9)18-14(16)19(11)8-4-5-10-12(6-8)20-7-17-10/h1-7H,(H2,16,18). The van der Waals surface area contributed by atoms with Crippen LogP contribution in [0.25, 0.3) is 26.9 Å². The summed E-state index contributed by atoms with van der Waals surface area (Å²) in [7, 11) is 0. The molecule has 0 saturated carbocycles. The summed E-state index contributed by atoms with van der Waals surface area (Å²) in [5, 5.41) is 0.604. The summed E-state index contributed by atoms with van der Waals surface area (Å²) >= 11 is 7.77. The van der Waals surface area contributed by atoms with Crippen LogP contribution < -0.4 is 5.73 Å². The largest absolute Gasteiger partial charge is 0.369 e. The molecule has 2 heterocycles. The van der Waals surface area contributed by atoms with Gasteiger partial charge in [0.15, 0.2) is 0 Å². The maximum atomic E-state index is 6.17. The van der Waals surface area contributed by atoms with E-state index in [1.54, 1.807) is 11.3 Å². The monoisotopic (exact) mass is 300 g/mol. The van der Waals surface area contributed by atoms with Gasteiger partial charge in [0.2, 0.25) is 5.95 Å². The maximum Gasteiger partial charge on any atom is 0.205 e. The Balaban J connectivity index is 2.06. The van der Waals surface area contributed by atoms with Crippen LogP contribution in [0.15, 0.2) is 41.9 Å². The van der Waals surface area contributed by atoms with Crippen LogP contribution in [0.2, 0.25) is 5.02 Å². The lowest BCUT2D eigenvalue weighted by Crippen LogP contribution is -2.00. The lowest BCUT2D eigenvalue weighted by molar-refractivity contribution is 1.11. The molecule has 0 aliphatic carbocycles. The second-order valence-corrected chi connectivity index (χ2v) is 5.71. The van der Waals surface area contributed by atoms with Crippen molar-refractivity contribution in [3.63, 3.8) is 0 Å². The van der Waals surface area contributed by atoms with Crippen molar-refractivity contribution in [2.24, 2.45) is 0 Å². The van der Waals surface area contributed by atoms with E-state index < -0.39 is 0 Å². The van der Waals surface area contributed by atoms with E-state index >= 15 is 0 Å². The van der Waals surface area contributed by atoms with E-state index in [1.807, 2.05) is 40.4 Å². The number of anilines is 1. The molecule has 0 aliphatic heterocycles. The summed E-state index contributed by atoms with van der Waals surface area (Å²) in [6.45, 7) is 0. The first-order valence-corrected chi connectivity index (χ1v) is 7.26. The molecule has 6 heteroatoms. The van der Waals surface area contributed by atoms with Crippen molar-refractivity contribution in [1.29, 1.82) is 0 Å². The summed E-state index contributed by atoms with van der Waals surface area (Å²) in [6, 6.07) is 11.7. The zero-order valence-electron chi connectivity index (χ0n) is 10.2. The van der Waals surface area contributed by atoms with Gasteiger partial charge < -0.3 is 5.73 Å². The zero-order valence-corrected chi connectivity index (χ0v) is 11.8. The van der Waals surface area contributed by atoms with E-state index in [4.69, 9.17) is 17.3 Å². The first kappa shape index (κ1) is 11.7. The minimum Gasteiger partial charge on any atom is -0.369 e. The quantitative estimate of drug-likeness (QED) is 0.580. The molecule has 0 unspecified atom stereocenters. The first-order valence-electron chi connectivity index (χ1n) is 6.00. The Morgan fingerprint density at radius 1 is 1.20 bits per heavy atom. The number of para-hydroxylation sites is 1. The third-order valence-electron chi connectivity index (χ3n) is 3.23. The predicted molar refractivity (Wildman–Crippen MR) is 83.7 cm³/mol. The molecule has 98 valence electrons. The van der Waals surface area contributed by atoms with Crippen molar-refractivity contribution in [1.82, 2.24) is 14.5 Å². The van der Waals surface area contributed by atoms with E-state index in [-0.39, 0.29) is 0 Å². The second-order valence-electron chi connectivity index (χ2n) is 4.42. The molecule has 0 amide bonds. The summed E-state index contributed by atoms with van der Waals surface area (Å²) < 4.78 is 3.02. The molecule has 2 aromatic carbocycles. The fraction of sp³-hybridized carbons (Fsp3) is 0. The zero-order chi connectivity index (χ0) is 13.7. The number of imidazole rings is 1. The third kappa shape index (κ3) is 1.60. The van der Waals surface area contributed by atoms with Gasteiger partial charge in [-0.1, -0.05) is 17.7 Å². The number of aromatic nitrogens is 3. The number of fused-ring (bicyclic) bond motifs is 2. The van der Waals surface area contributed by atoms with Gasteiger partial charge in [0.1, 0.15) is 5.52 Å². The van der Waals surface area contributed by atoms with Crippen LogP contribution in [-0.4, -0.2) is 14.5 Å². The number of halogens is 1. The Morgan fingerprint density at radius 3 is 3.00 bits per heavy atom. The summed E-state index contributed by atoms with van der Waals surface area (Å²) in [5.74, 6) is 0.428. The first-order chi connectivity index (χ1) is 9.74. The molecule has 2 N–H and O–H groups in total. The molecule has 0 radical (unpaired) electrons. The highest BCUT2D eigenvalue weighted by molar-refractivity contribution is 7.16. The molecular weight excluding hydrogens is 292 g/mol. The van der Waals surface area contributed by atoms with Crippen molar-refractivity contribution in [3.05, 3.63) is 46.9 Å². The molecule has 2 aromatic heterocycles. The summed E-state index contributed by atoms with van der Waals surface area (Å²) in [5.41, 5.74) is 11.5. The Morgan fingerprint density at radius 2 is 2.10 bits per heavy atom. The number of benzene rings is 2. The second kappa shape index (κ2) is 4.19. The van der Waals surface area contributed by atoms with Crippen molar-refractivity contribution >= 4 is 50.1 Å². The van der Waals surface area contributed by atoms with Gasteiger partial charge in [0.05, 0.1) is 32.0 Å². The van der Waals surface area contributed by atoms with Gasteiger partial charge >= 0.3 is 0 Å². The van der Waals surface area contributed by atoms with Crippen molar-refractivity contribution < 1.29 is 0 Å². The van der Waals surface area contributed by atoms with Gasteiger partial charge in [-0.05, 0) is 30.3 Å². The number of thiazole rings is 1. The Hall–Kier alpha value is -2.11. The summed E-state index contributed by atoms with van der Waals surface area (Å²) in [4.78, 5) is 8.63. The minimum absolute atomic E-state index is 0.428. The molecule has 0 bridgehead atoms. The van der Waals surface area contributed by atoms with E-state index in [9.17, 15) is 0 Å². The number of nitrogens with two attached hydrogens (primary N) is 1. The van der Waals surface area contributed by atoms with Gasteiger partial charge in [-0.3, -0.25) is 4.57 Å².